The summed E-state index contributed by atoms with van der Waals surface area (Å²) in [7, 11) is 0. The molecule has 0 spiro atoms. The Morgan fingerprint density at radius 2 is 1.55 bits per heavy atom. The fourth-order valence-electron chi connectivity index (χ4n) is 3.98. The number of anilines is 1. The predicted molar refractivity (Wildman–Crippen MR) is 124 cm³/mol. The third-order valence-electron chi connectivity index (χ3n) is 5.93. The fraction of sp³-hybridized carbons (Fsp3) is 0.185. The highest BCUT2D eigenvalue weighted by Crippen LogP contribution is 2.36. The zero-order chi connectivity index (χ0) is 23.7. The van der Waals surface area contributed by atoms with Gasteiger partial charge < -0.3 is 4.90 Å². The molecule has 2 amide bonds. The molecule has 1 aliphatic heterocycles. The Balaban J connectivity index is 1.86. The van der Waals surface area contributed by atoms with E-state index in [9.17, 15) is 18.4 Å². The van der Waals surface area contributed by atoms with Crippen LogP contribution >= 0.6 is 0 Å². The molecule has 1 heterocycles. The van der Waals surface area contributed by atoms with Crippen LogP contribution in [0.15, 0.2) is 72.4 Å². The Bertz CT molecular complexity index is 1270. The van der Waals surface area contributed by atoms with E-state index in [0.717, 1.165) is 33.7 Å². The van der Waals surface area contributed by atoms with Crippen LogP contribution in [0.2, 0.25) is 0 Å². The molecule has 1 aliphatic rings. The van der Waals surface area contributed by atoms with Gasteiger partial charge in [0.25, 0.3) is 11.8 Å². The number of benzene rings is 3. The van der Waals surface area contributed by atoms with E-state index in [-0.39, 0.29) is 17.0 Å². The maximum absolute atomic E-state index is 14.0. The van der Waals surface area contributed by atoms with E-state index in [1.54, 1.807) is 0 Å². The van der Waals surface area contributed by atoms with Crippen molar-refractivity contribution in [2.45, 2.75) is 27.3 Å². The smallest absolute Gasteiger partial charge is 0.282 e. The van der Waals surface area contributed by atoms with Gasteiger partial charge in [0.15, 0.2) is 11.6 Å². The molecule has 0 saturated carbocycles. The first kappa shape index (κ1) is 22.4. The van der Waals surface area contributed by atoms with Crippen LogP contribution in [0.1, 0.15) is 29.2 Å². The third kappa shape index (κ3) is 4.16. The van der Waals surface area contributed by atoms with Crippen molar-refractivity contribution in [2.75, 3.05) is 11.4 Å². The summed E-state index contributed by atoms with van der Waals surface area (Å²) in [4.78, 5) is 30.0. The fourth-order valence-corrected chi connectivity index (χ4v) is 3.98. The van der Waals surface area contributed by atoms with Gasteiger partial charge in [-0.3, -0.25) is 9.59 Å². The number of aryl methyl sites for hydroxylation is 2. The summed E-state index contributed by atoms with van der Waals surface area (Å²) in [6, 6.07) is 18.3. The van der Waals surface area contributed by atoms with Crippen LogP contribution in [-0.4, -0.2) is 23.3 Å². The highest BCUT2D eigenvalue weighted by molar-refractivity contribution is 6.45. The summed E-state index contributed by atoms with van der Waals surface area (Å²) in [6.07, 6.45) is 0. The molecule has 4 rings (SSSR count). The van der Waals surface area contributed by atoms with Crippen LogP contribution < -0.4 is 4.90 Å². The van der Waals surface area contributed by atoms with Gasteiger partial charge >= 0.3 is 0 Å². The highest BCUT2D eigenvalue weighted by Gasteiger charge is 2.42. The van der Waals surface area contributed by atoms with Gasteiger partial charge in [-0.25, -0.2) is 13.7 Å². The first-order chi connectivity index (χ1) is 15.8. The minimum atomic E-state index is -1.12. The van der Waals surface area contributed by atoms with Crippen LogP contribution in [0.25, 0.3) is 5.57 Å². The molecule has 4 nitrogen and oxygen atoms in total. The number of hydrogen-bond donors (Lipinski definition) is 0. The van der Waals surface area contributed by atoms with Gasteiger partial charge in [-0.15, -0.1) is 0 Å². The number of carbonyl (C=O) groups excluding carboxylic acids is 2. The van der Waals surface area contributed by atoms with Crippen molar-refractivity contribution < 1.29 is 18.4 Å². The summed E-state index contributed by atoms with van der Waals surface area (Å²) < 4.78 is 27.5. The van der Waals surface area contributed by atoms with E-state index in [0.29, 0.717) is 18.7 Å². The van der Waals surface area contributed by atoms with Crippen LogP contribution in [-0.2, 0) is 16.1 Å². The molecule has 0 N–H and O–H groups in total. The van der Waals surface area contributed by atoms with Gasteiger partial charge in [0, 0.05) is 19.2 Å². The van der Waals surface area contributed by atoms with E-state index in [1.807, 2.05) is 74.2 Å². The average molecular weight is 446 g/mol. The lowest BCUT2D eigenvalue weighted by atomic mass is 9.99. The van der Waals surface area contributed by atoms with Crippen LogP contribution in [0, 0.1) is 25.5 Å². The first-order valence-corrected chi connectivity index (χ1v) is 10.8. The number of carbonyl (C=O) groups is 2. The number of rotatable bonds is 6. The van der Waals surface area contributed by atoms with E-state index in [2.05, 4.69) is 0 Å². The van der Waals surface area contributed by atoms with Crippen molar-refractivity contribution in [1.82, 2.24) is 4.90 Å². The van der Waals surface area contributed by atoms with Gasteiger partial charge in [0.1, 0.15) is 5.70 Å². The monoisotopic (exact) mass is 446 g/mol. The highest BCUT2D eigenvalue weighted by atomic mass is 19.2. The molecule has 0 aromatic heterocycles. The zero-order valence-corrected chi connectivity index (χ0v) is 18.7. The Labute approximate surface area is 191 Å². The third-order valence-corrected chi connectivity index (χ3v) is 5.93. The maximum atomic E-state index is 14.0. The standard InChI is InChI=1S/C27H24F2N2O2/c1-4-30(16-19-8-6-5-7-9-19)25-24(20-11-10-17(2)18(3)14-20)26(32)31(27(25)33)21-12-13-22(28)23(29)15-21/h5-15H,4,16H2,1-3H3. The van der Waals surface area contributed by atoms with Gasteiger partial charge in [-0.05, 0) is 55.2 Å². The molecule has 0 fully saturated rings. The second kappa shape index (κ2) is 8.98. The molecule has 168 valence electrons. The van der Waals surface area contributed by atoms with Gasteiger partial charge in [0.2, 0.25) is 0 Å². The molecule has 6 heteroatoms. The molecule has 0 atom stereocenters. The SMILES string of the molecule is CCN(Cc1ccccc1)C1=C(c2ccc(C)c(C)c2)C(=O)N(c2ccc(F)c(F)c2)C1=O. The van der Waals surface area contributed by atoms with E-state index >= 15 is 0 Å². The van der Waals surface area contributed by atoms with Crippen molar-refractivity contribution in [3.05, 3.63) is 106 Å². The largest absolute Gasteiger partial charge is 0.362 e. The van der Waals surface area contributed by atoms with Crippen molar-refractivity contribution in [1.29, 1.82) is 0 Å². The molecule has 0 unspecified atom stereocenters. The minimum Gasteiger partial charge on any atom is -0.362 e. The lowest BCUT2D eigenvalue weighted by Crippen LogP contribution is -2.35. The second-order valence-corrected chi connectivity index (χ2v) is 8.07. The summed E-state index contributed by atoms with van der Waals surface area (Å²) in [5.41, 5.74) is 4.14. The molecular weight excluding hydrogens is 422 g/mol. The summed E-state index contributed by atoms with van der Waals surface area (Å²) in [5, 5.41) is 0. The Morgan fingerprint density at radius 3 is 2.18 bits per heavy atom. The summed E-state index contributed by atoms with van der Waals surface area (Å²) in [5.74, 6) is -3.28. The Hall–Kier alpha value is -3.80. The van der Waals surface area contributed by atoms with E-state index < -0.39 is 23.4 Å². The number of likely N-dealkylation sites (N-methyl/N-ethyl adjacent to an activating group) is 1. The van der Waals surface area contributed by atoms with Gasteiger partial charge in [-0.1, -0.05) is 48.5 Å². The van der Waals surface area contributed by atoms with Gasteiger partial charge in [0.05, 0.1) is 11.3 Å². The molecule has 0 aliphatic carbocycles. The molecular formula is C27H24F2N2O2. The Morgan fingerprint density at radius 1 is 0.818 bits per heavy atom. The normalized spacial score (nSPS) is 13.8. The quantitative estimate of drug-likeness (QED) is 0.477. The zero-order valence-electron chi connectivity index (χ0n) is 18.7. The van der Waals surface area contributed by atoms with Crippen molar-refractivity contribution in [3.8, 4) is 0 Å². The number of hydrogen-bond acceptors (Lipinski definition) is 3. The molecule has 0 saturated heterocycles. The van der Waals surface area contributed by atoms with Crippen molar-refractivity contribution in [2.24, 2.45) is 0 Å². The topological polar surface area (TPSA) is 40.6 Å². The molecule has 3 aromatic carbocycles. The average Bonchev–Trinajstić information content (AvgIpc) is 3.06. The van der Waals surface area contributed by atoms with Crippen LogP contribution in [0.5, 0.6) is 0 Å². The Kier molecular flexibility index (Phi) is 6.09. The number of halogens is 2. The number of nitrogens with zero attached hydrogens (tertiary/aromatic N) is 2. The van der Waals surface area contributed by atoms with Crippen molar-refractivity contribution in [3.63, 3.8) is 0 Å². The van der Waals surface area contributed by atoms with Crippen LogP contribution in [0.3, 0.4) is 0 Å². The maximum Gasteiger partial charge on any atom is 0.282 e. The van der Waals surface area contributed by atoms with Crippen LogP contribution in [0.4, 0.5) is 14.5 Å². The summed E-state index contributed by atoms with van der Waals surface area (Å²) >= 11 is 0. The second-order valence-electron chi connectivity index (χ2n) is 8.07. The number of amides is 2. The number of imide groups is 1. The van der Waals surface area contributed by atoms with Crippen molar-refractivity contribution >= 4 is 23.1 Å². The summed E-state index contributed by atoms with van der Waals surface area (Å²) in [6.45, 7) is 6.72. The molecule has 0 bridgehead atoms. The van der Waals surface area contributed by atoms with E-state index in [4.69, 9.17) is 0 Å². The lowest BCUT2D eigenvalue weighted by molar-refractivity contribution is -0.120. The minimum absolute atomic E-state index is 0.00371. The van der Waals surface area contributed by atoms with Gasteiger partial charge in [-0.2, -0.15) is 0 Å². The predicted octanol–water partition coefficient (Wildman–Crippen LogP) is 5.39. The molecule has 0 radical (unpaired) electrons. The van der Waals surface area contributed by atoms with E-state index in [1.165, 1.54) is 6.07 Å². The lowest BCUT2D eigenvalue weighted by Gasteiger charge is -2.25. The molecule has 3 aromatic rings. The first-order valence-electron chi connectivity index (χ1n) is 10.8. The molecule has 33 heavy (non-hydrogen) atoms.